The third-order valence-corrected chi connectivity index (χ3v) is 1.29. The first kappa shape index (κ1) is 8.34. The molecule has 0 saturated heterocycles. The SMILES string of the molecule is CC(C)=C(C)C(=O)CF. The Hall–Kier alpha value is -0.660. The number of halogens is 1. The van der Waals surface area contributed by atoms with E-state index in [-0.39, 0.29) is 0 Å². The summed E-state index contributed by atoms with van der Waals surface area (Å²) in [5.74, 6) is -0.407. The van der Waals surface area contributed by atoms with Gasteiger partial charge in [-0.15, -0.1) is 0 Å². The van der Waals surface area contributed by atoms with Crippen LogP contribution in [0.4, 0.5) is 4.39 Å². The van der Waals surface area contributed by atoms with E-state index in [1.54, 1.807) is 20.8 Å². The van der Waals surface area contributed by atoms with Crippen molar-refractivity contribution < 1.29 is 9.18 Å². The van der Waals surface area contributed by atoms with E-state index in [0.717, 1.165) is 5.57 Å². The van der Waals surface area contributed by atoms with Gasteiger partial charge in [0.05, 0.1) is 0 Å². The summed E-state index contributed by atoms with van der Waals surface area (Å²) in [5, 5.41) is 0. The summed E-state index contributed by atoms with van der Waals surface area (Å²) in [6.07, 6.45) is 0. The highest BCUT2D eigenvalue weighted by molar-refractivity contribution is 5.96. The average molecular weight is 130 g/mol. The maximum atomic E-state index is 11.6. The van der Waals surface area contributed by atoms with E-state index in [4.69, 9.17) is 0 Å². The molecule has 0 fully saturated rings. The lowest BCUT2D eigenvalue weighted by atomic mass is 10.1. The fourth-order valence-corrected chi connectivity index (χ4v) is 0.379. The summed E-state index contributed by atoms with van der Waals surface area (Å²) in [4.78, 5) is 10.5. The zero-order chi connectivity index (χ0) is 7.44. The number of carbonyl (C=O) groups is 1. The molecule has 0 heterocycles. The molecule has 0 aliphatic carbocycles. The molecule has 9 heavy (non-hydrogen) atoms. The number of carbonyl (C=O) groups excluding carboxylic acids is 1. The molecule has 2 heteroatoms. The van der Waals surface area contributed by atoms with Gasteiger partial charge >= 0.3 is 0 Å². The molecule has 0 radical (unpaired) electrons. The molecule has 0 amide bonds. The molecule has 0 saturated carbocycles. The minimum Gasteiger partial charge on any atom is -0.292 e. The second-order valence-corrected chi connectivity index (χ2v) is 2.18. The van der Waals surface area contributed by atoms with Crippen molar-refractivity contribution in [2.45, 2.75) is 20.8 Å². The van der Waals surface area contributed by atoms with Crippen LogP contribution in [0.5, 0.6) is 0 Å². The molecule has 0 rings (SSSR count). The summed E-state index contributed by atoms with van der Waals surface area (Å²) < 4.78 is 11.6. The molecule has 0 aromatic carbocycles. The molecular formula is C7H11FO. The lowest BCUT2D eigenvalue weighted by Crippen LogP contribution is -2.02. The van der Waals surface area contributed by atoms with Crippen LogP contribution in [0.1, 0.15) is 20.8 Å². The Morgan fingerprint density at radius 3 is 1.89 bits per heavy atom. The molecule has 52 valence electrons. The number of hydrogen-bond acceptors (Lipinski definition) is 1. The Labute approximate surface area is 54.6 Å². The van der Waals surface area contributed by atoms with Crippen molar-refractivity contribution >= 4 is 5.78 Å². The van der Waals surface area contributed by atoms with Gasteiger partial charge in [0.2, 0.25) is 0 Å². The van der Waals surface area contributed by atoms with E-state index in [0.29, 0.717) is 5.57 Å². The molecule has 0 aromatic heterocycles. The Morgan fingerprint density at radius 2 is 1.78 bits per heavy atom. The summed E-state index contributed by atoms with van der Waals surface area (Å²) in [7, 11) is 0. The minimum absolute atomic E-state index is 0.407. The van der Waals surface area contributed by atoms with Crippen LogP contribution in [0, 0.1) is 0 Å². The van der Waals surface area contributed by atoms with E-state index in [9.17, 15) is 9.18 Å². The van der Waals surface area contributed by atoms with Crippen LogP contribution in [-0.2, 0) is 4.79 Å². The van der Waals surface area contributed by atoms with Crippen LogP contribution in [0.25, 0.3) is 0 Å². The first-order chi connectivity index (χ1) is 4.09. The van der Waals surface area contributed by atoms with Crippen molar-refractivity contribution in [3.8, 4) is 0 Å². The van der Waals surface area contributed by atoms with E-state index < -0.39 is 12.5 Å². The molecule has 0 aliphatic heterocycles. The molecule has 0 aliphatic rings. The van der Waals surface area contributed by atoms with Crippen molar-refractivity contribution in [1.82, 2.24) is 0 Å². The van der Waals surface area contributed by atoms with Crippen molar-refractivity contribution in [3.05, 3.63) is 11.1 Å². The Kier molecular flexibility index (Phi) is 3.13. The molecular weight excluding hydrogens is 119 g/mol. The molecule has 0 aromatic rings. The quantitative estimate of drug-likeness (QED) is 0.521. The Balaban J connectivity index is 4.21. The fourth-order valence-electron chi connectivity index (χ4n) is 0.379. The van der Waals surface area contributed by atoms with Crippen molar-refractivity contribution in [3.63, 3.8) is 0 Å². The predicted octanol–water partition coefficient (Wildman–Crippen LogP) is 1.88. The highest BCUT2D eigenvalue weighted by Crippen LogP contribution is 2.02. The van der Waals surface area contributed by atoms with Gasteiger partial charge in [0, 0.05) is 0 Å². The second-order valence-electron chi connectivity index (χ2n) is 2.18. The summed E-state index contributed by atoms with van der Waals surface area (Å²) in [5.41, 5.74) is 1.43. The number of Topliss-reactive ketones (excluding diaryl/α,β-unsaturated/α-hetero) is 1. The van der Waals surface area contributed by atoms with Crippen LogP contribution >= 0.6 is 0 Å². The minimum atomic E-state index is -0.878. The van der Waals surface area contributed by atoms with Crippen LogP contribution in [0.3, 0.4) is 0 Å². The maximum Gasteiger partial charge on any atom is 0.189 e. The van der Waals surface area contributed by atoms with E-state index in [1.807, 2.05) is 0 Å². The molecule has 0 bridgehead atoms. The van der Waals surface area contributed by atoms with E-state index in [1.165, 1.54) is 0 Å². The van der Waals surface area contributed by atoms with Gasteiger partial charge in [-0.3, -0.25) is 4.79 Å². The third kappa shape index (κ3) is 2.40. The van der Waals surface area contributed by atoms with Gasteiger partial charge in [-0.05, 0) is 26.3 Å². The Bertz CT molecular complexity index is 143. The predicted molar refractivity (Wildman–Crippen MR) is 35.0 cm³/mol. The molecule has 1 nitrogen and oxygen atoms in total. The van der Waals surface area contributed by atoms with Crippen molar-refractivity contribution in [2.75, 3.05) is 6.67 Å². The second kappa shape index (κ2) is 3.38. The van der Waals surface area contributed by atoms with E-state index in [2.05, 4.69) is 0 Å². The summed E-state index contributed by atoms with van der Waals surface area (Å²) in [6.45, 7) is 4.35. The summed E-state index contributed by atoms with van der Waals surface area (Å²) >= 11 is 0. The summed E-state index contributed by atoms with van der Waals surface area (Å²) in [6, 6.07) is 0. The van der Waals surface area contributed by atoms with Crippen molar-refractivity contribution in [1.29, 1.82) is 0 Å². The average Bonchev–Trinajstić information content (AvgIpc) is 1.84. The fraction of sp³-hybridized carbons (Fsp3) is 0.571. The van der Waals surface area contributed by atoms with Gasteiger partial charge in [0.1, 0.15) is 0 Å². The first-order valence-corrected chi connectivity index (χ1v) is 2.82. The van der Waals surface area contributed by atoms with Gasteiger partial charge < -0.3 is 0 Å². The lowest BCUT2D eigenvalue weighted by Gasteiger charge is -1.96. The van der Waals surface area contributed by atoms with Crippen LogP contribution in [0.2, 0.25) is 0 Å². The van der Waals surface area contributed by atoms with Crippen LogP contribution in [-0.4, -0.2) is 12.5 Å². The van der Waals surface area contributed by atoms with Crippen LogP contribution < -0.4 is 0 Å². The topological polar surface area (TPSA) is 17.1 Å². The number of rotatable bonds is 2. The highest BCUT2D eigenvalue weighted by atomic mass is 19.1. The lowest BCUT2D eigenvalue weighted by molar-refractivity contribution is -0.116. The zero-order valence-electron chi connectivity index (χ0n) is 5.99. The number of alkyl halides is 1. The number of hydrogen-bond donors (Lipinski definition) is 0. The van der Waals surface area contributed by atoms with Crippen molar-refractivity contribution in [2.24, 2.45) is 0 Å². The number of allylic oxidation sites excluding steroid dienone is 2. The zero-order valence-corrected chi connectivity index (χ0v) is 5.99. The smallest absolute Gasteiger partial charge is 0.189 e. The first-order valence-electron chi connectivity index (χ1n) is 2.82. The largest absolute Gasteiger partial charge is 0.292 e. The van der Waals surface area contributed by atoms with Gasteiger partial charge in [0.25, 0.3) is 0 Å². The van der Waals surface area contributed by atoms with Gasteiger partial charge in [-0.2, -0.15) is 0 Å². The number of ketones is 1. The molecule has 0 spiro atoms. The third-order valence-electron chi connectivity index (χ3n) is 1.29. The Morgan fingerprint density at radius 1 is 1.33 bits per heavy atom. The molecule has 0 atom stereocenters. The van der Waals surface area contributed by atoms with Crippen LogP contribution in [0.15, 0.2) is 11.1 Å². The van der Waals surface area contributed by atoms with E-state index >= 15 is 0 Å². The maximum absolute atomic E-state index is 11.6. The van der Waals surface area contributed by atoms with Gasteiger partial charge in [-0.1, -0.05) is 5.57 Å². The highest BCUT2D eigenvalue weighted by Gasteiger charge is 2.02. The molecule has 0 unspecified atom stereocenters. The standard InChI is InChI=1S/C7H11FO/c1-5(2)6(3)7(9)4-8/h4H2,1-3H3. The van der Waals surface area contributed by atoms with Gasteiger partial charge in [0.15, 0.2) is 12.5 Å². The normalized spacial score (nSPS) is 8.89. The van der Waals surface area contributed by atoms with Gasteiger partial charge in [-0.25, -0.2) is 4.39 Å². The monoisotopic (exact) mass is 130 g/mol. The molecule has 0 N–H and O–H groups in total.